The predicted molar refractivity (Wildman–Crippen MR) is 87.4 cm³/mol. The summed E-state index contributed by atoms with van der Waals surface area (Å²) in [7, 11) is 0. The largest absolute Gasteiger partial charge is 0.442 e. The van der Waals surface area contributed by atoms with E-state index in [2.05, 4.69) is 23.8 Å². The Hall–Kier alpha value is -2.11. The highest BCUT2D eigenvalue weighted by molar-refractivity contribution is 6.06. The maximum atomic E-state index is 12.9. The van der Waals surface area contributed by atoms with E-state index >= 15 is 0 Å². The predicted octanol–water partition coefficient (Wildman–Crippen LogP) is 2.72. The lowest BCUT2D eigenvalue weighted by molar-refractivity contribution is 0.0781. The van der Waals surface area contributed by atoms with Crippen LogP contribution in [0.15, 0.2) is 15.5 Å². The second-order valence-corrected chi connectivity index (χ2v) is 6.32. The van der Waals surface area contributed by atoms with Crippen LogP contribution in [-0.4, -0.2) is 33.9 Å². The van der Waals surface area contributed by atoms with Crippen molar-refractivity contribution in [2.24, 2.45) is 11.8 Å². The fourth-order valence-electron chi connectivity index (χ4n) is 3.78. The molecule has 1 saturated heterocycles. The number of furan rings is 1. The number of nitrogens with zero attached hydrogens (tertiary/aromatic N) is 2. The Labute approximate surface area is 134 Å². The molecular weight excluding hydrogens is 294 g/mol. The minimum absolute atomic E-state index is 0.117. The fraction of sp³-hybridized carbons (Fsp3) is 0.588. The number of aromatic nitrogens is 2. The molecular formula is C17H23N3O3. The van der Waals surface area contributed by atoms with E-state index in [1.54, 1.807) is 6.92 Å². The number of carbonyl (C=O) groups excluding carboxylic acids is 1. The summed E-state index contributed by atoms with van der Waals surface area (Å²) in [5, 5.41) is 0.265. The van der Waals surface area contributed by atoms with Crippen molar-refractivity contribution in [3.63, 3.8) is 0 Å². The number of H-pyrrole nitrogens is 1. The first-order valence-corrected chi connectivity index (χ1v) is 8.32. The molecule has 1 unspecified atom stereocenters. The molecule has 1 aliphatic heterocycles. The highest BCUT2D eigenvalue weighted by Gasteiger charge is 2.33. The first kappa shape index (κ1) is 15.8. The quantitative estimate of drug-likeness (QED) is 0.940. The standard InChI is InChI=1S/C17H23N3O3/c1-4-11(5-2)12-6-7-20(8-12)17(22)13-10(3)23-16-14(13)15(21)18-9-19-16/h9,11-12H,4-8H2,1-3H3,(H,18,19,21). The van der Waals surface area contributed by atoms with Crippen molar-refractivity contribution >= 4 is 17.0 Å². The Kier molecular flexibility index (Phi) is 4.24. The van der Waals surface area contributed by atoms with Gasteiger partial charge in [-0.25, -0.2) is 4.98 Å². The zero-order valence-electron chi connectivity index (χ0n) is 13.9. The SMILES string of the molecule is CCC(CC)C1CCN(C(=O)c2c(C)oc3nc[nH]c(=O)c23)C1. The van der Waals surface area contributed by atoms with Crippen LogP contribution in [0, 0.1) is 18.8 Å². The molecule has 0 radical (unpaired) electrons. The van der Waals surface area contributed by atoms with Crippen molar-refractivity contribution in [2.75, 3.05) is 13.1 Å². The van der Waals surface area contributed by atoms with Gasteiger partial charge in [0.05, 0.1) is 11.9 Å². The average molecular weight is 317 g/mol. The number of hydrogen-bond acceptors (Lipinski definition) is 4. The van der Waals surface area contributed by atoms with Gasteiger partial charge in [0.15, 0.2) is 0 Å². The van der Waals surface area contributed by atoms with Gasteiger partial charge in [0.2, 0.25) is 5.71 Å². The summed E-state index contributed by atoms with van der Waals surface area (Å²) in [4.78, 5) is 33.4. The van der Waals surface area contributed by atoms with Crippen LogP contribution in [0.4, 0.5) is 0 Å². The third-order valence-corrected chi connectivity index (χ3v) is 5.11. The summed E-state index contributed by atoms with van der Waals surface area (Å²) in [6.45, 7) is 7.62. The third-order valence-electron chi connectivity index (χ3n) is 5.11. The zero-order valence-corrected chi connectivity index (χ0v) is 13.9. The molecule has 23 heavy (non-hydrogen) atoms. The number of fused-ring (bicyclic) bond motifs is 1. The van der Waals surface area contributed by atoms with Gasteiger partial charge in [-0.3, -0.25) is 9.59 Å². The molecule has 0 saturated carbocycles. The van der Waals surface area contributed by atoms with Crippen LogP contribution in [0.2, 0.25) is 0 Å². The molecule has 1 aliphatic rings. The maximum Gasteiger partial charge on any atom is 0.262 e. The number of nitrogens with one attached hydrogen (secondary N) is 1. The lowest BCUT2D eigenvalue weighted by atomic mass is 9.87. The molecule has 0 aliphatic carbocycles. The first-order chi connectivity index (χ1) is 11.1. The summed E-state index contributed by atoms with van der Waals surface area (Å²) in [5.74, 6) is 1.54. The summed E-state index contributed by atoms with van der Waals surface area (Å²) >= 11 is 0. The Morgan fingerprint density at radius 3 is 2.91 bits per heavy atom. The van der Waals surface area contributed by atoms with Gasteiger partial charge in [0.25, 0.3) is 11.5 Å². The highest BCUT2D eigenvalue weighted by atomic mass is 16.3. The van der Waals surface area contributed by atoms with Crippen molar-refractivity contribution in [2.45, 2.75) is 40.0 Å². The Bertz CT molecular complexity index is 773. The second-order valence-electron chi connectivity index (χ2n) is 6.32. The van der Waals surface area contributed by atoms with Gasteiger partial charge in [-0.05, 0) is 25.2 Å². The molecule has 1 atom stereocenters. The number of carbonyl (C=O) groups is 1. The molecule has 3 rings (SSSR count). The van der Waals surface area contributed by atoms with Crippen molar-refractivity contribution in [1.82, 2.24) is 14.9 Å². The molecule has 6 heteroatoms. The molecule has 2 aromatic heterocycles. The molecule has 124 valence electrons. The van der Waals surface area contributed by atoms with Gasteiger partial charge in [0, 0.05) is 13.1 Å². The number of aromatic amines is 1. The van der Waals surface area contributed by atoms with Gasteiger partial charge in [-0.15, -0.1) is 0 Å². The van der Waals surface area contributed by atoms with Gasteiger partial charge in [-0.1, -0.05) is 26.7 Å². The topological polar surface area (TPSA) is 79.2 Å². The Balaban J connectivity index is 1.90. The first-order valence-electron chi connectivity index (χ1n) is 8.32. The van der Waals surface area contributed by atoms with Gasteiger partial charge in [-0.2, -0.15) is 0 Å². The minimum Gasteiger partial charge on any atom is -0.442 e. The summed E-state index contributed by atoms with van der Waals surface area (Å²) in [5.41, 5.74) is 0.260. The van der Waals surface area contributed by atoms with Crippen LogP contribution < -0.4 is 5.56 Å². The van der Waals surface area contributed by atoms with Crippen molar-refractivity contribution < 1.29 is 9.21 Å². The number of aryl methyl sites for hydroxylation is 1. The van der Waals surface area contributed by atoms with Crippen LogP contribution in [0.5, 0.6) is 0 Å². The Morgan fingerprint density at radius 2 is 2.22 bits per heavy atom. The maximum absolute atomic E-state index is 12.9. The molecule has 0 aromatic carbocycles. The average Bonchev–Trinajstić information content (AvgIpc) is 3.13. The molecule has 1 fully saturated rings. The normalized spacial score (nSPS) is 18.3. The van der Waals surface area contributed by atoms with E-state index in [9.17, 15) is 9.59 Å². The molecule has 1 N–H and O–H groups in total. The van der Waals surface area contributed by atoms with E-state index in [4.69, 9.17) is 4.42 Å². The van der Waals surface area contributed by atoms with Gasteiger partial charge in [0.1, 0.15) is 11.1 Å². The van der Waals surface area contributed by atoms with Crippen molar-refractivity contribution in [3.8, 4) is 0 Å². The van der Waals surface area contributed by atoms with E-state index in [-0.39, 0.29) is 22.6 Å². The number of rotatable bonds is 4. The van der Waals surface area contributed by atoms with Crippen LogP contribution in [0.1, 0.15) is 49.2 Å². The van der Waals surface area contributed by atoms with E-state index in [1.807, 2.05) is 4.90 Å². The minimum atomic E-state index is -0.328. The molecule has 0 spiro atoms. The summed E-state index contributed by atoms with van der Waals surface area (Å²) < 4.78 is 5.50. The monoisotopic (exact) mass is 317 g/mol. The van der Waals surface area contributed by atoms with E-state index in [0.717, 1.165) is 32.4 Å². The van der Waals surface area contributed by atoms with Crippen LogP contribution in [0.3, 0.4) is 0 Å². The lowest BCUT2D eigenvalue weighted by Gasteiger charge is -2.21. The van der Waals surface area contributed by atoms with Crippen LogP contribution in [-0.2, 0) is 0 Å². The highest BCUT2D eigenvalue weighted by Crippen LogP contribution is 2.31. The molecule has 6 nitrogen and oxygen atoms in total. The lowest BCUT2D eigenvalue weighted by Crippen LogP contribution is -2.30. The molecule has 0 bridgehead atoms. The molecule has 3 heterocycles. The van der Waals surface area contributed by atoms with Crippen LogP contribution in [0.25, 0.3) is 11.1 Å². The van der Waals surface area contributed by atoms with E-state index in [1.165, 1.54) is 6.33 Å². The second kappa shape index (κ2) is 6.18. The number of likely N-dealkylation sites (tertiary alicyclic amines) is 1. The summed E-state index contributed by atoms with van der Waals surface area (Å²) in [6.07, 6.45) is 4.60. The summed E-state index contributed by atoms with van der Waals surface area (Å²) in [6, 6.07) is 0. The third kappa shape index (κ3) is 2.66. The van der Waals surface area contributed by atoms with E-state index in [0.29, 0.717) is 23.2 Å². The number of hydrogen-bond donors (Lipinski definition) is 1. The zero-order chi connectivity index (χ0) is 16.6. The van der Waals surface area contributed by atoms with Crippen molar-refractivity contribution in [1.29, 1.82) is 0 Å². The Morgan fingerprint density at radius 1 is 1.48 bits per heavy atom. The van der Waals surface area contributed by atoms with Gasteiger partial charge < -0.3 is 14.3 Å². The van der Waals surface area contributed by atoms with Gasteiger partial charge >= 0.3 is 0 Å². The van der Waals surface area contributed by atoms with Crippen molar-refractivity contribution in [3.05, 3.63) is 28.0 Å². The molecule has 1 amide bonds. The van der Waals surface area contributed by atoms with E-state index < -0.39 is 0 Å². The van der Waals surface area contributed by atoms with Crippen LogP contribution >= 0.6 is 0 Å². The fourth-order valence-corrected chi connectivity index (χ4v) is 3.78. The molecule has 2 aromatic rings. The number of amides is 1. The smallest absolute Gasteiger partial charge is 0.262 e.